The van der Waals surface area contributed by atoms with Crippen LogP contribution in [0.4, 0.5) is 0 Å². The summed E-state index contributed by atoms with van der Waals surface area (Å²) in [7, 11) is 0. The third kappa shape index (κ3) is 5.51. The quantitative estimate of drug-likeness (QED) is 0.162. The van der Waals surface area contributed by atoms with E-state index >= 15 is 0 Å². The van der Waals surface area contributed by atoms with Crippen molar-refractivity contribution in [3.63, 3.8) is 0 Å². The molecule has 0 bridgehead atoms. The van der Waals surface area contributed by atoms with Crippen molar-refractivity contribution in [2.75, 3.05) is 0 Å². The van der Waals surface area contributed by atoms with E-state index in [9.17, 15) is 0 Å². The van der Waals surface area contributed by atoms with Crippen LogP contribution >= 0.6 is 0 Å². The van der Waals surface area contributed by atoms with Crippen LogP contribution < -0.4 is 4.74 Å². The molecule has 11 aromatic rings. The predicted molar refractivity (Wildman–Crippen MR) is 257 cm³/mol. The highest BCUT2D eigenvalue weighted by Crippen LogP contribution is 2.62. The Morgan fingerprint density at radius 1 is 0.297 bits per heavy atom. The first-order chi connectivity index (χ1) is 31.7. The lowest BCUT2D eigenvalue weighted by atomic mass is 9.66. The molecule has 0 saturated carbocycles. The van der Waals surface area contributed by atoms with Gasteiger partial charge >= 0.3 is 0 Å². The van der Waals surface area contributed by atoms with Crippen LogP contribution in [0.25, 0.3) is 89.4 Å². The number of fused-ring (bicyclic) bond motifs is 12. The van der Waals surface area contributed by atoms with Crippen LogP contribution in [0.2, 0.25) is 0 Å². The van der Waals surface area contributed by atoms with Crippen LogP contribution in [0.5, 0.6) is 11.5 Å². The first-order valence-electron chi connectivity index (χ1n) is 21.6. The van der Waals surface area contributed by atoms with Gasteiger partial charge in [0.05, 0.1) is 16.6 Å². The zero-order valence-corrected chi connectivity index (χ0v) is 34.5. The summed E-state index contributed by atoms with van der Waals surface area (Å²) in [5, 5.41) is 3.33. The topological polar surface area (TPSA) is 60.8 Å². The zero-order chi connectivity index (χ0) is 42.2. The van der Waals surface area contributed by atoms with Crippen LogP contribution in [-0.2, 0) is 5.41 Å². The maximum Gasteiger partial charge on any atom is 0.164 e. The van der Waals surface area contributed by atoms with Gasteiger partial charge in [0.15, 0.2) is 17.5 Å². The van der Waals surface area contributed by atoms with E-state index in [0.717, 1.165) is 83.4 Å². The van der Waals surface area contributed by atoms with Gasteiger partial charge in [0.2, 0.25) is 0 Å². The van der Waals surface area contributed by atoms with Crippen LogP contribution in [0, 0.1) is 0 Å². The van der Waals surface area contributed by atoms with Crippen molar-refractivity contribution in [1.29, 1.82) is 0 Å². The number of ether oxygens (including phenoxy) is 1. The van der Waals surface area contributed by atoms with E-state index < -0.39 is 5.41 Å². The Labute approximate surface area is 370 Å². The minimum Gasteiger partial charge on any atom is -0.457 e. The second-order valence-corrected chi connectivity index (χ2v) is 16.5. The molecule has 0 unspecified atom stereocenters. The van der Waals surface area contributed by atoms with Gasteiger partial charge in [-0.25, -0.2) is 19.9 Å². The summed E-state index contributed by atoms with van der Waals surface area (Å²) in [6.07, 6.45) is 0. The first-order valence-corrected chi connectivity index (χ1v) is 21.6. The highest BCUT2D eigenvalue weighted by atomic mass is 16.5. The number of benzene rings is 9. The van der Waals surface area contributed by atoms with Crippen molar-refractivity contribution >= 4 is 21.7 Å². The third-order valence-electron chi connectivity index (χ3n) is 13.0. The van der Waals surface area contributed by atoms with Gasteiger partial charge in [0.1, 0.15) is 11.5 Å². The highest BCUT2D eigenvalue weighted by Gasteiger charge is 2.51. The second kappa shape index (κ2) is 14.3. The van der Waals surface area contributed by atoms with E-state index in [-0.39, 0.29) is 0 Å². The monoisotopic (exact) mass is 816 g/mol. The molecule has 0 N–H and O–H groups in total. The van der Waals surface area contributed by atoms with Gasteiger partial charge in [0.25, 0.3) is 0 Å². The zero-order valence-electron chi connectivity index (χ0n) is 34.5. The van der Waals surface area contributed by atoms with Crippen molar-refractivity contribution in [2.45, 2.75) is 5.41 Å². The lowest BCUT2D eigenvalue weighted by Gasteiger charge is -2.39. The maximum absolute atomic E-state index is 6.67. The largest absolute Gasteiger partial charge is 0.457 e. The van der Waals surface area contributed by atoms with Crippen molar-refractivity contribution in [1.82, 2.24) is 19.9 Å². The molecule has 0 fully saturated rings. The molecule has 64 heavy (non-hydrogen) atoms. The molecule has 1 aliphatic carbocycles. The Balaban J connectivity index is 1.04. The van der Waals surface area contributed by atoms with Gasteiger partial charge in [-0.05, 0) is 81.2 Å². The average molecular weight is 817 g/mol. The number of hydrogen-bond donors (Lipinski definition) is 0. The van der Waals surface area contributed by atoms with E-state index in [2.05, 4.69) is 158 Å². The Hall–Kier alpha value is -8.54. The van der Waals surface area contributed by atoms with E-state index in [1.807, 2.05) is 60.7 Å². The van der Waals surface area contributed by atoms with Gasteiger partial charge in [-0.2, -0.15) is 0 Å². The lowest BCUT2D eigenvalue weighted by Crippen LogP contribution is -2.32. The minimum absolute atomic E-state index is 0.595. The Morgan fingerprint density at radius 3 is 1.47 bits per heavy atom. The molecule has 3 heterocycles. The van der Waals surface area contributed by atoms with E-state index in [1.165, 1.54) is 22.3 Å². The SMILES string of the molecule is c1ccc(-c2nc(-c3ccccc3)nc(-c3cccc(-c4ccc5nc(-c6ccccc6)c6cc7c(cc6c5c4)C4(c5ccccc5Oc5ccccc54)c4ccccc4-7)c3)n2)cc1. The number of para-hydroxylation sites is 2. The fourth-order valence-electron chi connectivity index (χ4n) is 10.1. The lowest BCUT2D eigenvalue weighted by molar-refractivity contribution is 0.436. The molecule has 5 heteroatoms. The molecule has 0 amide bonds. The number of pyridine rings is 1. The molecular weight excluding hydrogens is 781 g/mol. The summed E-state index contributed by atoms with van der Waals surface area (Å²) in [5.74, 6) is 3.64. The molecule has 0 radical (unpaired) electrons. The van der Waals surface area contributed by atoms with Crippen LogP contribution in [0.15, 0.2) is 218 Å². The molecule has 9 aromatic carbocycles. The summed E-state index contributed by atoms with van der Waals surface area (Å²) < 4.78 is 6.67. The molecule has 1 spiro atoms. The first kappa shape index (κ1) is 36.1. The van der Waals surface area contributed by atoms with Crippen LogP contribution in [0.1, 0.15) is 22.3 Å². The predicted octanol–water partition coefficient (Wildman–Crippen LogP) is 14.4. The molecule has 2 aliphatic rings. The smallest absolute Gasteiger partial charge is 0.164 e. The van der Waals surface area contributed by atoms with Crippen molar-refractivity contribution in [3.05, 3.63) is 241 Å². The molecule has 13 rings (SSSR count). The number of hydrogen-bond acceptors (Lipinski definition) is 5. The Morgan fingerprint density at radius 2 is 0.812 bits per heavy atom. The van der Waals surface area contributed by atoms with Gasteiger partial charge in [-0.3, -0.25) is 0 Å². The Kier molecular flexibility index (Phi) is 8.06. The molecule has 2 aromatic heterocycles. The van der Waals surface area contributed by atoms with E-state index in [1.54, 1.807) is 0 Å². The Bertz CT molecular complexity index is 3540. The summed E-state index contributed by atoms with van der Waals surface area (Å²) in [4.78, 5) is 20.5. The number of rotatable bonds is 5. The van der Waals surface area contributed by atoms with Gasteiger partial charge in [-0.1, -0.05) is 176 Å². The molecule has 5 nitrogen and oxygen atoms in total. The molecular formula is C59H36N4O. The fraction of sp³-hybridized carbons (Fsp3) is 0.0169. The van der Waals surface area contributed by atoms with Gasteiger partial charge in [0, 0.05) is 44.2 Å². The average Bonchev–Trinajstić information content (AvgIpc) is 3.65. The number of nitrogens with zero attached hydrogens (tertiary/aromatic N) is 4. The summed E-state index contributed by atoms with van der Waals surface area (Å²) in [6, 6.07) is 76.8. The molecule has 0 saturated heterocycles. The van der Waals surface area contributed by atoms with Crippen LogP contribution in [-0.4, -0.2) is 19.9 Å². The fourth-order valence-corrected chi connectivity index (χ4v) is 10.1. The van der Waals surface area contributed by atoms with Gasteiger partial charge in [-0.15, -0.1) is 0 Å². The maximum atomic E-state index is 6.67. The van der Waals surface area contributed by atoms with E-state index in [0.29, 0.717) is 17.5 Å². The van der Waals surface area contributed by atoms with Gasteiger partial charge < -0.3 is 4.74 Å². The summed E-state index contributed by atoms with van der Waals surface area (Å²) in [5.41, 5.74) is 14.5. The van der Waals surface area contributed by atoms with E-state index in [4.69, 9.17) is 24.7 Å². The van der Waals surface area contributed by atoms with Crippen molar-refractivity contribution in [3.8, 4) is 79.2 Å². The van der Waals surface area contributed by atoms with Crippen molar-refractivity contribution in [2.24, 2.45) is 0 Å². The summed E-state index contributed by atoms with van der Waals surface area (Å²) in [6.45, 7) is 0. The molecule has 298 valence electrons. The summed E-state index contributed by atoms with van der Waals surface area (Å²) >= 11 is 0. The second-order valence-electron chi connectivity index (χ2n) is 16.5. The van der Waals surface area contributed by atoms with Crippen molar-refractivity contribution < 1.29 is 4.74 Å². The highest BCUT2D eigenvalue weighted by molar-refractivity contribution is 6.14. The minimum atomic E-state index is -0.595. The van der Waals surface area contributed by atoms with Crippen LogP contribution in [0.3, 0.4) is 0 Å². The number of aromatic nitrogens is 4. The molecule has 1 aliphatic heterocycles. The molecule has 0 atom stereocenters. The normalized spacial score (nSPS) is 12.9. The third-order valence-corrected chi connectivity index (χ3v) is 13.0. The standard InChI is InChI=1S/C59H36N4O/c1-4-17-37(18-5-1)55-47-35-45-43-25-10-11-26-48(43)59(49-27-12-14-29-53(49)64-54-30-15-13-28-50(54)59)51(45)36-44(47)46-34-41(31-32-52(46)60-55)40-23-16-24-42(33-40)58-62-56(38-19-6-2-7-20-38)61-57(63-58)39-21-8-3-9-22-39/h1-36H.